The van der Waals surface area contributed by atoms with Gasteiger partial charge in [0.25, 0.3) is 9.84 Å². The van der Waals surface area contributed by atoms with Crippen LogP contribution >= 0.6 is 0 Å². The highest BCUT2D eigenvalue weighted by Gasteiger charge is 2.46. The molecule has 1 unspecified atom stereocenters. The molecular formula is C12H16F3NO4S. The van der Waals surface area contributed by atoms with Gasteiger partial charge in [0.2, 0.25) is 0 Å². The fraction of sp³-hybridized carbons (Fsp3) is 0.500. The van der Waals surface area contributed by atoms with E-state index in [9.17, 15) is 26.7 Å². The molecule has 21 heavy (non-hydrogen) atoms. The summed E-state index contributed by atoms with van der Waals surface area (Å²) < 4.78 is 64.1. The number of ether oxygens (including phenoxy) is 1. The second-order valence-electron chi connectivity index (χ2n) is 4.30. The minimum atomic E-state index is -5.32. The summed E-state index contributed by atoms with van der Waals surface area (Å²) in [5, 5.41) is 12.3. The Morgan fingerprint density at radius 3 is 2.33 bits per heavy atom. The minimum Gasteiger partial charge on any atom is -0.391 e. The maximum absolute atomic E-state index is 12.3. The van der Waals surface area contributed by atoms with Gasteiger partial charge in [-0.1, -0.05) is 0 Å². The summed E-state index contributed by atoms with van der Waals surface area (Å²) in [5.74, 6) is 0. The van der Waals surface area contributed by atoms with E-state index in [2.05, 4.69) is 5.32 Å². The molecular weight excluding hydrogens is 311 g/mol. The summed E-state index contributed by atoms with van der Waals surface area (Å²) in [4.78, 5) is -0.806. The Hall–Kier alpha value is -1.32. The lowest BCUT2D eigenvalue weighted by atomic mass is 10.2. The first kappa shape index (κ1) is 17.7. The van der Waals surface area contributed by atoms with E-state index in [1.807, 2.05) is 0 Å². The van der Waals surface area contributed by atoms with Crippen molar-refractivity contribution in [1.82, 2.24) is 0 Å². The van der Waals surface area contributed by atoms with Gasteiger partial charge < -0.3 is 15.2 Å². The summed E-state index contributed by atoms with van der Waals surface area (Å²) in [6.07, 6.45) is -0.261. The van der Waals surface area contributed by atoms with Gasteiger partial charge in [-0.3, -0.25) is 0 Å². The molecule has 9 heteroatoms. The molecule has 1 atom stereocenters. The number of nitrogens with one attached hydrogen (secondary N) is 1. The zero-order valence-corrected chi connectivity index (χ0v) is 12.0. The highest BCUT2D eigenvalue weighted by atomic mass is 32.2. The van der Waals surface area contributed by atoms with Gasteiger partial charge in [0.15, 0.2) is 0 Å². The number of halogens is 3. The van der Waals surface area contributed by atoms with Gasteiger partial charge in [-0.2, -0.15) is 13.2 Å². The van der Waals surface area contributed by atoms with Crippen LogP contribution in [-0.2, 0) is 14.6 Å². The quantitative estimate of drug-likeness (QED) is 0.798. The number of hydrogen-bond acceptors (Lipinski definition) is 5. The van der Waals surface area contributed by atoms with Gasteiger partial charge in [0, 0.05) is 19.3 Å². The maximum atomic E-state index is 12.3. The fourth-order valence-electron chi connectivity index (χ4n) is 1.54. The molecule has 1 rings (SSSR count). The summed E-state index contributed by atoms with van der Waals surface area (Å²) in [6, 6.07) is 4.25. The first-order chi connectivity index (χ1) is 9.68. The molecule has 0 aliphatic heterocycles. The standard InChI is InChI=1S/C12H16F3NO4S/c1-20-8-10(17)6-7-16-9-2-4-11(5-3-9)21(18,19)12(13,14)15/h2-5,10,16-17H,6-8H2,1H3. The van der Waals surface area contributed by atoms with Crippen molar-refractivity contribution in [1.29, 1.82) is 0 Å². The number of benzene rings is 1. The van der Waals surface area contributed by atoms with Crippen LogP contribution in [0.2, 0.25) is 0 Å². The van der Waals surface area contributed by atoms with E-state index < -0.39 is 26.3 Å². The topological polar surface area (TPSA) is 75.6 Å². The van der Waals surface area contributed by atoms with E-state index in [-0.39, 0.29) is 6.61 Å². The number of alkyl halides is 3. The van der Waals surface area contributed by atoms with Crippen LogP contribution < -0.4 is 5.32 Å². The van der Waals surface area contributed by atoms with E-state index in [0.29, 0.717) is 18.7 Å². The Morgan fingerprint density at radius 2 is 1.86 bits per heavy atom. The monoisotopic (exact) mass is 327 g/mol. The molecule has 0 heterocycles. The molecule has 0 amide bonds. The Bertz CT molecular complexity index is 543. The summed E-state index contributed by atoms with van der Waals surface area (Å²) in [5.41, 5.74) is -4.85. The zero-order valence-electron chi connectivity index (χ0n) is 11.2. The first-order valence-electron chi connectivity index (χ1n) is 6.01. The lowest BCUT2D eigenvalue weighted by molar-refractivity contribution is -0.0436. The van der Waals surface area contributed by atoms with Crippen LogP contribution in [0.25, 0.3) is 0 Å². The van der Waals surface area contributed by atoms with Crippen LogP contribution in [0, 0.1) is 0 Å². The molecule has 0 bridgehead atoms. The number of sulfone groups is 1. The molecule has 0 radical (unpaired) electrons. The van der Waals surface area contributed by atoms with E-state index in [4.69, 9.17) is 4.74 Å². The van der Waals surface area contributed by atoms with Crippen LogP contribution in [0.5, 0.6) is 0 Å². The van der Waals surface area contributed by atoms with Crippen LogP contribution in [0.3, 0.4) is 0 Å². The van der Waals surface area contributed by atoms with Crippen molar-refractivity contribution in [3.8, 4) is 0 Å². The second kappa shape index (κ2) is 7.10. The number of anilines is 1. The third-order valence-corrected chi connectivity index (χ3v) is 4.14. The van der Waals surface area contributed by atoms with E-state index >= 15 is 0 Å². The third kappa shape index (κ3) is 4.87. The Morgan fingerprint density at radius 1 is 1.29 bits per heavy atom. The van der Waals surface area contributed by atoms with Crippen molar-refractivity contribution < 1.29 is 31.4 Å². The maximum Gasteiger partial charge on any atom is 0.501 e. The SMILES string of the molecule is COCC(O)CCNc1ccc(S(=O)(=O)C(F)(F)F)cc1. The molecule has 2 N–H and O–H groups in total. The molecule has 0 saturated carbocycles. The smallest absolute Gasteiger partial charge is 0.391 e. The predicted molar refractivity (Wildman–Crippen MR) is 70.7 cm³/mol. The number of hydrogen-bond donors (Lipinski definition) is 2. The number of rotatable bonds is 7. The van der Waals surface area contributed by atoms with Crippen molar-refractivity contribution in [3.05, 3.63) is 24.3 Å². The third-order valence-electron chi connectivity index (χ3n) is 2.64. The van der Waals surface area contributed by atoms with E-state index in [0.717, 1.165) is 12.1 Å². The summed E-state index contributed by atoms with van der Waals surface area (Å²) >= 11 is 0. The minimum absolute atomic E-state index is 0.185. The number of methoxy groups -OCH3 is 1. The average Bonchev–Trinajstić information content (AvgIpc) is 2.38. The lowest BCUT2D eigenvalue weighted by Crippen LogP contribution is -2.23. The highest BCUT2D eigenvalue weighted by Crippen LogP contribution is 2.30. The number of aliphatic hydroxyl groups excluding tert-OH is 1. The van der Waals surface area contributed by atoms with Crippen LogP contribution in [0.4, 0.5) is 18.9 Å². The molecule has 0 saturated heterocycles. The van der Waals surface area contributed by atoms with Crippen LogP contribution in [0.15, 0.2) is 29.2 Å². The molecule has 1 aromatic rings. The molecule has 1 aromatic carbocycles. The summed E-state index contributed by atoms with van der Waals surface area (Å²) in [6.45, 7) is 0.556. The van der Waals surface area contributed by atoms with E-state index in [1.54, 1.807) is 0 Å². The van der Waals surface area contributed by atoms with Gasteiger partial charge in [0.05, 0.1) is 17.6 Å². The Balaban J connectivity index is 2.63. The lowest BCUT2D eigenvalue weighted by Gasteiger charge is -2.12. The predicted octanol–water partition coefficient (Wildman–Crippen LogP) is 1.79. The average molecular weight is 327 g/mol. The van der Waals surface area contributed by atoms with Gasteiger partial charge in [-0.15, -0.1) is 0 Å². The van der Waals surface area contributed by atoms with Gasteiger partial charge >= 0.3 is 5.51 Å². The first-order valence-corrected chi connectivity index (χ1v) is 7.49. The molecule has 0 spiro atoms. The van der Waals surface area contributed by atoms with Crippen LogP contribution in [0.1, 0.15) is 6.42 Å². The van der Waals surface area contributed by atoms with Crippen molar-refractivity contribution >= 4 is 15.5 Å². The van der Waals surface area contributed by atoms with Crippen LogP contribution in [-0.4, -0.2) is 45.4 Å². The number of aliphatic hydroxyl groups is 1. The zero-order chi connectivity index (χ0) is 16.1. The van der Waals surface area contributed by atoms with Crippen molar-refractivity contribution in [3.63, 3.8) is 0 Å². The van der Waals surface area contributed by atoms with Gasteiger partial charge in [0.1, 0.15) is 0 Å². The fourth-order valence-corrected chi connectivity index (χ4v) is 2.31. The van der Waals surface area contributed by atoms with Gasteiger partial charge in [-0.05, 0) is 30.7 Å². The van der Waals surface area contributed by atoms with Gasteiger partial charge in [-0.25, -0.2) is 8.42 Å². The molecule has 0 aromatic heterocycles. The molecule has 120 valence electrons. The Labute approximate surface area is 120 Å². The molecule has 0 aliphatic carbocycles. The normalized spacial score (nSPS) is 14.0. The van der Waals surface area contributed by atoms with Crippen molar-refractivity contribution in [2.75, 3.05) is 25.6 Å². The summed E-state index contributed by atoms with van der Waals surface area (Å²) in [7, 11) is -3.86. The molecule has 5 nitrogen and oxygen atoms in total. The van der Waals surface area contributed by atoms with Crippen molar-refractivity contribution in [2.45, 2.75) is 22.9 Å². The molecule has 0 aliphatic rings. The molecule has 0 fully saturated rings. The largest absolute Gasteiger partial charge is 0.501 e. The van der Waals surface area contributed by atoms with Crippen molar-refractivity contribution in [2.24, 2.45) is 0 Å². The van der Waals surface area contributed by atoms with E-state index in [1.165, 1.54) is 19.2 Å². The second-order valence-corrected chi connectivity index (χ2v) is 6.24. The highest BCUT2D eigenvalue weighted by molar-refractivity contribution is 7.92. The Kier molecular flexibility index (Phi) is 5.99.